The highest BCUT2D eigenvalue weighted by Crippen LogP contribution is 2.29. The van der Waals surface area contributed by atoms with Gasteiger partial charge in [0.1, 0.15) is 5.75 Å². The minimum Gasteiger partial charge on any atom is -0.497 e. The number of hydrogen-bond donors (Lipinski definition) is 1. The Bertz CT molecular complexity index is 742. The summed E-state index contributed by atoms with van der Waals surface area (Å²) in [4.78, 5) is 14.6. The van der Waals surface area contributed by atoms with E-state index in [0.29, 0.717) is 6.42 Å². The van der Waals surface area contributed by atoms with Gasteiger partial charge in [0.05, 0.1) is 19.3 Å². The number of aliphatic hydroxyl groups excluding tert-OH is 1. The Morgan fingerprint density at radius 1 is 1.14 bits per heavy atom. The fourth-order valence-electron chi connectivity index (χ4n) is 3.30. The number of methoxy groups -OCH3 is 1. The molecule has 2 aromatic carbocycles. The van der Waals surface area contributed by atoms with E-state index in [9.17, 15) is 9.90 Å². The zero-order valence-electron chi connectivity index (χ0n) is 17.0. The first-order chi connectivity index (χ1) is 13.5. The van der Waals surface area contributed by atoms with E-state index in [-0.39, 0.29) is 17.9 Å². The van der Waals surface area contributed by atoms with Gasteiger partial charge in [0.25, 0.3) is 0 Å². The van der Waals surface area contributed by atoms with Crippen LogP contribution in [-0.2, 0) is 4.79 Å². The monoisotopic (exact) mass is 381 g/mol. The first-order valence-electron chi connectivity index (χ1n) is 9.71. The van der Waals surface area contributed by atoms with E-state index in [4.69, 9.17) is 4.74 Å². The molecule has 150 valence electrons. The third-order valence-corrected chi connectivity index (χ3v) is 5.33. The summed E-state index contributed by atoms with van der Waals surface area (Å²) < 4.78 is 5.23. The molecule has 0 unspecified atom stereocenters. The van der Waals surface area contributed by atoms with Crippen LogP contribution in [0.25, 0.3) is 0 Å². The van der Waals surface area contributed by atoms with Gasteiger partial charge in [-0.05, 0) is 48.9 Å². The van der Waals surface area contributed by atoms with Gasteiger partial charge in [-0.1, -0.05) is 48.5 Å². The molecule has 3 atom stereocenters. The van der Waals surface area contributed by atoms with E-state index in [1.807, 2.05) is 67.6 Å². The van der Waals surface area contributed by atoms with E-state index >= 15 is 0 Å². The van der Waals surface area contributed by atoms with Crippen LogP contribution < -0.4 is 4.74 Å². The Morgan fingerprint density at radius 2 is 1.79 bits per heavy atom. The standard InChI is InChI=1S/C24H31NO3/c1-5-6-10-21(19-13-15-22(28-4)16-14-19)17-23(26)25(3)18(2)24(27)20-11-8-7-9-12-20/h5,7-9,11-16,18,21,24,27H,1,6,10,17H2,2-4H3/t18-,21+,24-/m0/s1. The zero-order chi connectivity index (χ0) is 20.5. The maximum absolute atomic E-state index is 13.0. The average molecular weight is 382 g/mol. The summed E-state index contributed by atoms with van der Waals surface area (Å²) in [6.07, 6.45) is 3.25. The number of rotatable bonds is 10. The second-order valence-corrected chi connectivity index (χ2v) is 7.14. The van der Waals surface area contributed by atoms with Gasteiger partial charge < -0.3 is 14.7 Å². The number of carbonyl (C=O) groups excluding carboxylic acids is 1. The van der Waals surface area contributed by atoms with Gasteiger partial charge in [-0.25, -0.2) is 0 Å². The third-order valence-electron chi connectivity index (χ3n) is 5.33. The Kier molecular flexibility index (Phi) is 8.27. The highest BCUT2D eigenvalue weighted by molar-refractivity contribution is 5.77. The van der Waals surface area contributed by atoms with Crippen molar-refractivity contribution < 1.29 is 14.6 Å². The lowest BCUT2D eigenvalue weighted by atomic mass is 9.90. The Balaban J connectivity index is 2.09. The number of allylic oxidation sites excluding steroid dienone is 1. The lowest BCUT2D eigenvalue weighted by molar-refractivity contribution is -0.134. The summed E-state index contributed by atoms with van der Waals surface area (Å²) in [5.41, 5.74) is 1.92. The second-order valence-electron chi connectivity index (χ2n) is 7.14. The van der Waals surface area contributed by atoms with Crippen LogP contribution in [0.15, 0.2) is 67.3 Å². The summed E-state index contributed by atoms with van der Waals surface area (Å²) in [6, 6.07) is 17.0. The summed E-state index contributed by atoms with van der Waals surface area (Å²) in [7, 11) is 3.40. The van der Waals surface area contributed by atoms with Gasteiger partial charge in [0.2, 0.25) is 5.91 Å². The van der Waals surface area contributed by atoms with Crippen molar-refractivity contribution in [1.29, 1.82) is 0 Å². The largest absolute Gasteiger partial charge is 0.497 e. The molecule has 0 heterocycles. The van der Waals surface area contributed by atoms with Gasteiger partial charge in [-0.3, -0.25) is 4.79 Å². The fraction of sp³-hybridized carbons (Fsp3) is 0.375. The van der Waals surface area contributed by atoms with E-state index in [0.717, 1.165) is 29.7 Å². The van der Waals surface area contributed by atoms with Crippen LogP contribution >= 0.6 is 0 Å². The van der Waals surface area contributed by atoms with Crippen molar-refractivity contribution in [2.24, 2.45) is 0 Å². The molecule has 0 bridgehead atoms. The second kappa shape index (κ2) is 10.7. The Labute approximate surface area is 168 Å². The van der Waals surface area contributed by atoms with Crippen LogP contribution in [0.1, 0.15) is 49.3 Å². The highest BCUT2D eigenvalue weighted by Gasteiger charge is 2.26. The summed E-state index contributed by atoms with van der Waals surface area (Å²) in [5, 5.41) is 10.6. The van der Waals surface area contributed by atoms with Gasteiger partial charge in [-0.2, -0.15) is 0 Å². The summed E-state index contributed by atoms with van der Waals surface area (Å²) in [5.74, 6) is 0.918. The molecule has 4 heteroatoms. The van der Waals surface area contributed by atoms with Crippen molar-refractivity contribution in [2.75, 3.05) is 14.2 Å². The van der Waals surface area contributed by atoms with Crippen LogP contribution in [-0.4, -0.2) is 36.1 Å². The number of aliphatic hydroxyl groups is 1. The Hall–Kier alpha value is -2.59. The Morgan fingerprint density at radius 3 is 2.36 bits per heavy atom. The minimum atomic E-state index is -0.720. The fourth-order valence-corrected chi connectivity index (χ4v) is 3.30. The van der Waals surface area contributed by atoms with Gasteiger partial charge in [-0.15, -0.1) is 6.58 Å². The number of nitrogens with zero attached hydrogens (tertiary/aromatic N) is 1. The maximum atomic E-state index is 13.0. The molecule has 1 N–H and O–H groups in total. The molecule has 2 rings (SSSR count). The van der Waals surface area contributed by atoms with Crippen LogP contribution in [0.3, 0.4) is 0 Å². The van der Waals surface area contributed by atoms with Crippen molar-refractivity contribution in [3.8, 4) is 5.75 Å². The molecule has 0 aliphatic carbocycles. The molecule has 0 aliphatic rings. The molecule has 0 saturated heterocycles. The van der Waals surface area contributed by atoms with Gasteiger partial charge in [0, 0.05) is 13.5 Å². The molecule has 28 heavy (non-hydrogen) atoms. The van der Waals surface area contributed by atoms with Crippen LogP contribution in [0.2, 0.25) is 0 Å². The molecule has 0 radical (unpaired) electrons. The molecule has 0 spiro atoms. The van der Waals surface area contributed by atoms with Crippen molar-refractivity contribution >= 4 is 5.91 Å². The molecule has 1 amide bonds. The van der Waals surface area contributed by atoms with Crippen molar-refractivity contribution in [3.63, 3.8) is 0 Å². The first-order valence-corrected chi connectivity index (χ1v) is 9.71. The highest BCUT2D eigenvalue weighted by atomic mass is 16.5. The zero-order valence-corrected chi connectivity index (χ0v) is 17.0. The molecular weight excluding hydrogens is 350 g/mol. The molecule has 0 saturated carbocycles. The lowest BCUT2D eigenvalue weighted by Crippen LogP contribution is -2.39. The predicted octanol–water partition coefficient (Wildman–Crippen LogP) is 4.72. The maximum Gasteiger partial charge on any atom is 0.223 e. The molecular formula is C24H31NO3. The van der Waals surface area contributed by atoms with Crippen LogP contribution in [0.5, 0.6) is 5.75 Å². The number of amides is 1. The van der Waals surface area contributed by atoms with E-state index in [1.165, 1.54) is 0 Å². The smallest absolute Gasteiger partial charge is 0.223 e. The van der Waals surface area contributed by atoms with E-state index in [1.54, 1.807) is 19.1 Å². The molecule has 0 aliphatic heterocycles. The lowest BCUT2D eigenvalue weighted by Gasteiger charge is -2.30. The van der Waals surface area contributed by atoms with Crippen molar-refractivity contribution in [1.82, 2.24) is 4.90 Å². The molecule has 0 aromatic heterocycles. The number of hydrogen-bond acceptors (Lipinski definition) is 3. The molecule has 0 fully saturated rings. The number of likely N-dealkylation sites (N-methyl/N-ethyl adjacent to an activating group) is 1. The third kappa shape index (κ3) is 5.70. The topological polar surface area (TPSA) is 49.8 Å². The van der Waals surface area contributed by atoms with Crippen LogP contribution in [0, 0.1) is 0 Å². The summed E-state index contributed by atoms with van der Waals surface area (Å²) >= 11 is 0. The number of carbonyl (C=O) groups is 1. The first kappa shape index (κ1) is 21.7. The van der Waals surface area contributed by atoms with Crippen molar-refractivity contribution in [3.05, 3.63) is 78.4 Å². The minimum absolute atomic E-state index is 0.0207. The predicted molar refractivity (Wildman–Crippen MR) is 113 cm³/mol. The SMILES string of the molecule is C=CCC[C@H](CC(=O)N(C)[C@@H](C)[C@H](O)c1ccccc1)c1ccc(OC)cc1. The normalized spacial score (nSPS) is 14.0. The quantitative estimate of drug-likeness (QED) is 0.606. The number of ether oxygens (including phenoxy) is 1. The van der Waals surface area contributed by atoms with E-state index in [2.05, 4.69) is 6.58 Å². The van der Waals surface area contributed by atoms with E-state index < -0.39 is 6.10 Å². The molecule has 4 nitrogen and oxygen atoms in total. The average Bonchev–Trinajstić information content (AvgIpc) is 2.75. The van der Waals surface area contributed by atoms with Crippen LogP contribution in [0.4, 0.5) is 0 Å². The summed E-state index contributed by atoms with van der Waals surface area (Å²) in [6.45, 7) is 5.68. The van der Waals surface area contributed by atoms with Gasteiger partial charge in [0.15, 0.2) is 0 Å². The number of benzene rings is 2. The van der Waals surface area contributed by atoms with Crippen molar-refractivity contribution in [2.45, 2.75) is 44.2 Å². The molecule has 2 aromatic rings. The van der Waals surface area contributed by atoms with Gasteiger partial charge >= 0.3 is 0 Å².